The Hall–Kier alpha value is -1.89. The minimum absolute atomic E-state index is 0.0101. The molecule has 156 valence electrons. The first kappa shape index (κ1) is 21.8. The summed E-state index contributed by atoms with van der Waals surface area (Å²) in [5.74, 6) is -0.0186. The molecule has 0 radical (unpaired) electrons. The van der Waals surface area contributed by atoms with Crippen LogP contribution in [0, 0.1) is 5.92 Å². The molecule has 0 aromatic heterocycles. The van der Waals surface area contributed by atoms with E-state index in [1.54, 1.807) is 24.3 Å². The quantitative estimate of drug-likeness (QED) is 0.720. The average Bonchev–Trinajstić information content (AvgIpc) is 2.74. The standard InChI is InChI=1S/C22H27ClN2O3S/c1-17(18-7-3-2-4-8-18)15-24-22(26)19-11-13-25(14-12-19)29(27,28)16-20-9-5-6-10-21(20)23/h2-10,17,19H,11-16H2,1H3,(H,24,26). The molecular weight excluding hydrogens is 408 g/mol. The minimum atomic E-state index is -3.45. The van der Waals surface area contributed by atoms with Gasteiger partial charge in [-0.25, -0.2) is 12.7 Å². The molecule has 1 aliphatic heterocycles. The molecule has 0 spiro atoms. The number of halogens is 1. The molecule has 2 aromatic rings. The van der Waals surface area contributed by atoms with E-state index >= 15 is 0 Å². The summed E-state index contributed by atoms with van der Waals surface area (Å²) in [6, 6.07) is 17.1. The summed E-state index contributed by atoms with van der Waals surface area (Å²) >= 11 is 6.10. The molecule has 7 heteroatoms. The van der Waals surface area contributed by atoms with E-state index in [4.69, 9.17) is 11.6 Å². The second kappa shape index (κ2) is 9.74. The first-order chi connectivity index (χ1) is 13.9. The van der Waals surface area contributed by atoms with E-state index in [0.717, 1.165) is 0 Å². The molecule has 1 atom stereocenters. The van der Waals surface area contributed by atoms with Crippen LogP contribution in [0.5, 0.6) is 0 Å². The van der Waals surface area contributed by atoms with Crippen LogP contribution in [0.15, 0.2) is 54.6 Å². The molecule has 5 nitrogen and oxygen atoms in total. The Labute approximate surface area is 178 Å². The number of nitrogens with one attached hydrogen (secondary N) is 1. The maximum Gasteiger partial charge on any atom is 0.223 e. The monoisotopic (exact) mass is 434 g/mol. The fraction of sp³-hybridized carbons (Fsp3) is 0.409. The Morgan fingerprint density at radius 2 is 1.72 bits per heavy atom. The first-order valence-electron chi connectivity index (χ1n) is 9.90. The molecule has 1 saturated heterocycles. The molecule has 1 aliphatic rings. The van der Waals surface area contributed by atoms with E-state index in [-0.39, 0.29) is 23.5 Å². The van der Waals surface area contributed by atoms with Gasteiger partial charge in [0.15, 0.2) is 0 Å². The van der Waals surface area contributed by atoms with E-state index in [1.807, 2.05) is 18.2 Å². The zero-order valence-electron chi connectivity index (χ0n) is 16.6. The van der Waals surface area contributed by atoms with Gasteiger partial charge in [0.05, 0.1) is 5.75 Å². The predicted molar refractivity (Wildman–Crippen MR) is 116 cm³/mol. The molecule has 1 heterocycles. The van der Waals surface area contributed by atoms with Crippen LogP contribution in [0.1, 0.15) is 36.8 Å². The van der Waals surface area contributed by atoms with Crippen molar-refractivity contribution in [3.8, 4) is 0 Å². The number of amides is 1. The molecule has 1 unspecified atom stereocenters. The van der Waals surface area contributed by atoms with Crippen molar-refractivity contribution in [2.24, 2.45) is 5.92 Å². The highest BCUT2D eigenvalue weighted by Gasteiger charge is 2.31. The van der Waals surface area contributed by atoms with Crippen LogP contribution in [0.3, 0.4) is 0 Å². The van der Waals surface area contributed by atoms with Crippen molar-refractivity contribution in [3.05, 3.63) is 70.7 Å². The fourth-order valence-corrected chi connectivity index (χ4v) is 5.47. The Morgan fingerprint density at radius 1 is 1.10 bits per heavy atom. The lowest BCUT2D eigenvalue weighted by Crippen LogP contribution is -2.43. The largest absolute Gasteiger partial charge is 0.355 e. The normalized spacial score (nSPS) is 17.0. The number of carbonyl (C=O) groups excluding carboxylic acids is 1. The summed E-state index contributed by atoms with van der Waals surface area (Å²) < 4.78 is 26.9. The van der Waals surface area contributed by atoms with Crippen molar-refractivity contribution >= 4 is 27.5 Å². The second-order valence-corrected chi connectivity index (χ2v) is 9.95. The third kappa shape index (κ3) is 5.81. The molecule has 29 heavy (non-hydrogen) atoms. The van der Waals surface area contributed by atoms with Gasteiger partial charge in [0, 0.05) is 30.6 Å². The van der Waals surface area contributed by atoms with Crippen molar-refractivity contribution in [1.82, 2.24) is 9.62 Å². The summed E-state index contributed by atoms with van der Waals surface area (Å²) in [4.78, 5) is 12.5. The average molecular weight is 435 g/mol. The highest BCUT2D eigenvalue weighted by molar-refractivity contribution is 7.88. The number of hydrogen-bond acceptors (Lipinski definition) is 3. The van der Waals surface area contributed by atoms with Gasteiger partial charge < -0.3 is 5.32 Å². The van der Waals surface area contributed by atoms with E-state index in [1.165, 1.54) is 9.87 Å². The van der Waals surface area contributed by atoms with Crippen LogP contribution < -0.4 is 5.32 Å². The maximum absolute atomic E-state index is 12.7. The molecule has 3 rings (SSSR count). The highest BCUT2D eigenvalue weighted by Crippen LogP contribution is 2.24. The number of piperidine rings is 1. The first-order valence-corrected chi connectivity index (χ1v) is 11.9. The Morgan fingerprint density at radius 3 is 2.38 bits per heavy atom. The molecule has 2 aromatic carbocycles. The van der Waals surface area contributed by atoms with Crippen LogP contribution in [-0.2, 0) is 20.6 Å². The zero-order chi connectivity index (χ0) is 20.9. The lowest BCUT2D eigenvalue weighted by Gasteiger charge is -2.31. The summed E-state index contributed by atoms with van der Waals surface area (Å²) in [6.07, 6.45) is 1.07. The molecule has 0 bridgehead atoms. The number of sulfonamides is 1. The van der Waals surface area contributed by atoms with Crippen LogP contribution in [0.4, 0.5) is 0 Å². The SMILES string of the molecule is CC(CNC(=O)C1CCN(S(=O)(=O)Cc2ccccc2Cl)CC1)c1ccccc1. The van der Waals surface area contributed by atoms with Crippen LogP contribution in [-0.4, -0.2) is 38.3 Å². The van der Waals surface area contributed by atoms with Crippen molar-refractivity contribution in [3.63, 3.8) is 0 Å². The van der Waals surface area contributed by atoms with E-state index in [9.17, 15) is 13.2 Å². The molecule has 0 aliphatic carbocycles. The van der Waals surface area contributed by atoms with Gasteiger partial charge in [-0.1, -0.05) is 67.1 Å². The highest BCUT2D eigenvalue weighted by atomic mass is 35.5. The minimum Gasteiger partial charge on any atom is -0.355 e. The molecule has 1 N–H and O–H groups in total. The van der Waals surface area contributed by atoms with E-state index in [0.29, 0.717) is 43.1 Å². The van der Waals surface area contributed by atoms with Gasteiger partial charge in [0.25, 0.3) is 0 Å². The Balaban J connectivity index is 1.49. The van der Waals surface area contributed by atoms with Gasteiger partial charge in [-0.2, -0.15) is 0 Å². The van der Waals surface area contributed by atoms with Crippen molar-refractivity contribution < 1.29 is 13.2 Å². The van der Waals surface area contributed by atoms with Crippen molar-refractivity contribution in [2.75, 3.05) is 19.6 Å². The number of nitrogens with zero attached hydrogens (tertiary/aromatic N) is 1. The Bertz CT molecular complexity index is 926. The number of hydrogen-bond donors (Lipinski definition) is 1. The number of benzene rings is 2. The lowest BCUT2D eigenvalue weighted by molar-refractivity contribution is -0.126. The van der Waals surface area contributed by atoms with Crippen LogP contribution >= 0.6 is 11.6 Å². The Kier molecular flexibility index (Phi) is 7.33. The summed E-state index contributed by atoms with van der Waals surface area (Å²) in [5.41, 5.74) is 1.79. The van der Waals surface area contributed by atoms with Crippen molar-refractivity contribution in [1.29, 1.82) is 0 Å². The smallest absolute Gasteiger partial charge is 0.223 e. The van der Waals surface area contributed by atoms with Gasteiger partial charge in [-0.05, 0) is 36.0 Å². The third-order valence-corrected chi connectivity index (χ3v) is 7.66. The van der Waals surface area contributed by atoms with Gasteiger partial charge in [0.2, 0.25) is 15.9 Å². The second-order valence-electron chi connectivity index (χ2n) is 7.58. The lowest BCUT2D eigenvalue weighted by atomic mass is 9.96. The van der Waals surface area contributed by atoms with E-state index < -0.39 is 10.0 Å². The van der Waals surface area contributed by atoms with Gasteiger partial charge in [-0.3, -0.25) is 4.79 Å². The van der Waals surface area contributed by atoms with Crippen molar-refractivity contribution in [2.45, 2.75) is 31.4 Å². The van der Waals surface area contributed by atoms with Crippen LogP contribution in [0.2, 0.25) is 5.02 Å². The maximum atomic E-state index is 12.7. The third-order valence-electron chi connectivity index (χ3n) is 5.46. The van der Waals surface area contributed by atoms with Gasteiger partial charge in [0.1, 0.15) is 0 Å². The van der Waals surface area contributed by atoms with Gasteiger partial charge in [-0.15, -0.1) is 0 Å². The molecule has 1 fully saturated rings. The van der Waals surface area contributed by atoms with Crippen LogP contribution in [0.25, 0.3) is 0 Å². The number of rotatable bonds is 7. The predicted octanol–water partition coefficient (Wildman–Crippen LogP) is 3.80. The number of carbonyl (C=O) groups is 1. The zero-order valence-corrected chi connectivity index (χ0v) is 18.1. The molecular formula is C22H27ClN2O3S. The fourth-order valence-electron chi connectivity index (χ4n) is 3.60. The topological polar surface area (TPSA) is 66.5 Å². The molecule has 0 saturated carbocycles. The molecule has 1 amide bonds. The summed E-state index contributed by atoms with van der Waals surface area (Å²) in [7, 11) is -3.45. The van der Waals surface area contributed by atoms with Gasteiger partial charge >= 0.3 is 0 Å². The summed E-state index contributed by atoms with van der Waals surface area (Å²) in [6.45, 7) is 3.38. The summed E-state index contributed by atoms with van der Waals surface area (Å²) in [5, 5.41) is 3.48. The van der Waals surface area contributed by atoms with E-state index in [2.05, 4.69) is 24.4 Å².